The molecule has 0 aliphatic heterocycles. The number of hydrogen-bond acceptors (Lipinski definition) is 3. The molecule has 0 aromatic rings. The van der Waals surface area contributed by atoms with Crippen molar-refractivity contribution in [3.05, 3.63) is 0 Å². The third-order valence-corrected chi connectivity index (χ3v) is 4.90. The molecule has 3 heteroatoms. The SMILES string of the molecule is COC(=O)C(C)(NC1CCCCC1)C1(C)CC1. The molecule has 0 heterocycles. The van der Waals surface area contributed by atoms with Gasteiger partial charge in [0, 0.05) is 6.04 Å². The second-order valence-corrected chi connectivity index (χ2v) is 6.16. The Labute approximate surface area is 104 Å². The van der Waals surface area contributed by atoms with Crippen molar-refractivity contribution in [1.82, 2.24) is 5.32 Å². The zero-order chi connectivity index (χ0) is 12.5. The standard InChI is InChI=1S/C14H25NO2/c1-13(9-10-13)14(2,12(16)17-3)15-11-7-5-4-6-8-11/h11,15H,4-10H2,1-3H3. The van der Waals surface area contributed by atoms with E-state index in [-0.39, 0.29) is 11.4 Å². The van der Waals surface area contributed by atoms with Crippen molar-refractivity contribution in [2.45, 2.75) is 70.4 Å². The van der Waals surface area contributed by atoms with E-state index in [1.807, 2.05) is 6.92 Å². The molecule has 98 valence electrons. The Balaban J connectivity index is 2.07. The van der Waals surface area contributed by atoms with Gasteiger partial charge in [-0.1, -0.05) is 26.2 Å². The van der Waals surface area contributed by atoms with Gasteiger partial charge in [-0.25, -0.2) is 0 Å². The van der Waals surface area contributed by atoms with Crippen LogP contribution in [0, 0.1) is 5.41 Å². The number of carbonyl (C=O) groups excluding carboxylic acids is 1. The van der Waals surface area contributed by atoms with Crippen LogP contribution in [0.1, 0.15) is 58.8 Å². The summed E-state index contributed by atoms with van der Waals surface area (Å²) in [6.07, 6.45) is 8.55. The molecule has 0 aromatic heterocycles. The first-order valence-electron chi connectivity index (χ1n) is 6.88. The smallest absolute Gasteiger partial charge is 0.326 e. The number of rotatable bonds is 4. The lowest BCUT2D eigenvalue weighted by Gasteiger charge is -2.39. The highest BCUT2D eigenvalue weighted by Crippen LogP contribution is 2.54. The summed E-state index contributed by atoms with van der Waals surface area (Å²) in [6, 6.07) is 0.491. The fourth-order valence-electron chi connectivity index (χ4n) is 3.03. The van der Waals surface area contributed by atoms with E-state index in [1.165, 1.54) is 39.2 Å². The largest absolute Gasteiger partial charge is 0.468 e. The lowest BCUT2D eigenvalue weighted by Crippen LogP contribution is -2.59. The van der Waals surface area contributed by atoms with Crippen LogP contribution in [-0.2, 0) is 9.53 Å². The van der Waals surface area contributed by atoms with Crippen molar-refractivity contribution in [2.75, 3.05) is 7.11 Å². The van der Waals surface area contributed by atoms with Crippen molar-refractivity contribution < 1.29 is 9.53 Å². The number of methoxy groups -OCH3 is 1. The summed E-state index contributed by atoms with van der Waals surface area (Å²) in [5.41, 5.74) is -0.401. The molecule has 2 aliphatic carbocycles. The molecular weight excluding hydrogens is 214 g/mol. The van der Waals surface area contributed by atoms with E-state index < -0.39 is 5.54 Å². The predicted octanol–water partition coefficient (Wildman–Crippen LogP) is 2.64. The Kier molecular flexibility index (Phi) is 3.48. The Hall–Kier alpha value is -0.570. The second kappa shape index (κ2) is 4.60. The van der Waals surface area contributed by atoms with E-state index in [4.69, 9.17) is 4.74 Å². The topological polar surface area (TPSA) is 38.3 Å². The molecule has 0 radical (unpaired) electrons. The van der Waals surface area contributed by atoms with Crippen LogP contribution in [0.25, 0.3) is 0 Å². The first-order valence-corrected chi connectivity index (χ1v) is 6.88. The minimum atomic E-state index is -0.496. The predicted molar refractivity (Wildman–Crippen MR) is 67.8 cm³/mol. The molecule has 0 saturated heterocycles. The van der Waals surface area contributed by atoms with Gasteiger partial charge in [0.1, 0.15) is 5.54 Å². The minimum absolute atomic E-state index is 0.0944. The van der Waals surface area contributed by atoms with Crippen LogP contribution in [0.3, 0.4) is 0 Å². The van der Waals surface area contributed by atoms with Gasteiger partial charge in [0.15, 0.2) is 0 Å². The van der Waals surface area contributed by atoms with Crippen LogP contribution >= 0.6 is 0 Å². The number of nitrogens with one attached hydrogen (secondary N) is 1. The van der Waals surface area contributed by atoms with Crippen molar-refractivity contribution in [2.24, 2.45) is 5.41 Å². The Bertz CT molecular complexity index is 293. The van der Waals surface area contributed by atoms with Crippen LogP contribution in [0.5, 0.6) is 0 Å². The monoisotopic (exact) mass is 239 g/mol. The van der Waals surface area contributed by atoms with Crippen LogP contribution in [-0.4, -0.2) is 24.7 Å². The summed E-state index contributed by atoms with van der Waals surface area (Å²) < 4.78 is 5.02. The summed E-state index contributed by atoms with van der Waals surface area (Å²) in [7, 11) is 1.49. The molecule has 3 nitrogen and oxygen atoms in total. The second-order valence-electron chi connectivity index (χ2n) is 6.16. The van der Waals surface area contributed by atoms with Gasteiger partial charge in [-0.05, 0) is 38.0 Å². The molecule has 0 spiro atoms. The summed E-state index contributed by atoms with van der Waals surface area (Å²) in [6.45, 7) is 4.22. The number of carbonyl (C=O) groups is 1. The van der Waals surface area contributed by atoms with E-state index in [9.17, 15) is 4.79 Å². The van der Waals surface area contributed by atoms with Gasteiger partial charge >= 0.3 is 5.97 Å². The lowest BCUT2D eigenvalue weighted by molar-refractivity contribution is -0.151. The molecule has 17 heavy (non-hydrogen) atoms. The third kappa shape index (κ3) is 2.35. The van der Waals surface area contributed by atoms with Gasteiger partial charge in [-0.3, -0.25) is 10.1 Å². The molecular formula is C14H25NO2. The molecule has 0 amide bonds. The highest BCUT2D eigenvalue weighted by molar-refractivity contribution is 5.82. The van der Waals surface area contributed by atoms with Gasteiger partial charge < -0.3 is 4.74 Å². The van der Waals surface area contributed by atoms with Gasteiger partial charge in [-0.15, -0.1) is 0 Å². The van der Waals surface area contributed by atoms with E-state index in [1.54, 1.807) is 0 Å². The van der Waals surface area contributed by atoms with Crippen LogP contribution < -0.4 is 5.32 Å². The molecule has 0 aromatic carbocycles. The van der Waals surface area contributed by atoms with E-state index in [2.05, 4.69) is 12.2 Å². The maximum Gasteiger partial charge on any atom is 0.326 e. The highest BCUT2D eigenvalue weighted by Gasteiger charge is 2.58. The number of ether oxygens (including phenoxy) is 1. The fourth-order valence-corrected chi connectivity index (χ4v) is 3.03. The molecule has 2 rings (SSSR count). The van der Waals surface area contributed by atoms with Crippen molar-refractivity contribution in [1.29, 1.82) is 0 Å². The quantitative estimate of drug-likeness (QED) is 0.766. The van der Waals surface area contributed by atoms with Crippen LogP contribution in [0.15, 0.2) is 0 Å². The number of esters is 1. The van der Waals surface area contributed by atoms with Gasteiger partial charge in [-0.2, -0.15) is 0 Å². The van der Waals surface area contributed by atoms with Crippen LogP contribution in [0.4, 0.5) is 0 Å². The average molecular weight is 239 g/mol. The van der Waals surface area contributed by atoms with Gasteiger partial charge in [0.05, 0.1) is 7.11 Å². The van der Waals surface area contributed by atoms with Crippen LogP contribution in [0.2, 0.25) is 0 Å². The Morgan fingerprint density at radius 1 is 1.29 bits per heavy atom. The fraction of sp³-hybridized carbons (Fsp3) is 0.929. The molecule has 2 aliphatic rings. The van der Waals surface area contributed by atoms with Crippen molar-refractivity contribution in [3.8, 4) is 0 Å². The van der Waals surface area contributed by atoms with Crippen molar-refractivity contribution in [3.63, 3.8) is 0 Å². The molecule has 0 bridgehead atoms. The average Bonchev–Trinajstić information content (AvgIpc) is 3.09. The molecule has 1 atom stereocenters. The van der Waals surface area contributed by atoms with Gasteiger partial charge in [0.2, 0.25) is 0 Å². The Morgan fingerprint density at radius 3 is 2.35 bits per heavy atom. The first kappa shape index (κ1) is 12.9. The molecule has 1 unspecified atom stereocenters. The first-order chi connectivity index (χ1) is 8.02. The summed E-state index contributed by atoms with van der Waals surface area (Å²) in [4.78, 5) is 12.1. The molecule has 2 fully saturated rings. The third-order valence-electron chi connectivity index (χ3n) is 4.90. The van der Waals surface area contributed by atoms with E-state index >= 15 is 0 Å². The maximum absolute atomic E-state index is 12.1. The van der Waals surface area contributed by atoms with Gasteiger partial charge in [0.25, 0.3) is 0 Å². The Morgan fingerprint density at radius 2 is 1.88 bits per heavy atom. The zero-order valence-corrected chi connectivity index (χ0v) is 11.3. The van der Waals surface area contributed by atoms with Crippen molar-refractivity contribution >= 4 is 5.97 Å². The number of hydrogen-bond donors (Lipinski definition) is 1. The molecule has 2 saturated carbocycles. The summed E-state index contributed by atoms with van der Waals surface area (Å²) in [5, 5.41) is 3.61. The lowest BCUT2D eigenvalue weighted by atomic mass is 9.81. The summed E-state index contributed by atoms with van der Waals surface area (Å²) in [5.74, 6) is -0.0944. The zero-order valence-electron chi connectivity index (χ0n) is 11.3. The normalized spacial score (nSPS) is 27.2. The molecule has 1 N–H and O–H groups in total. The highest BCUT2D eigenvalue weighted by atomic mass is 16.5. The summed E-state index contributed by atoms with van der Waals surface area (Å²) >= 11 is 0. The maximum atomic E-state index is 12.1. The minimum Gasteiger partial charge on any atom is -0.468 e. The van der Waals surface area contributed by atoms with E-state index in [0.717, 1.165) is 12.8 Å². The van der Waals surface area contributed by atoms with E-state index in [0.29, 0.717) is 6.04 Å².